The lowest BCUT2D eigenvalue weighted by atomic mass is 10.1. The van der Waals surface area contributed by atoms with Gasteiger partial charge in [0, 0.05) is 0 Å². The Morgan fingerprint density at radius 3 is 2.20 bits per heavy atom. The third-order valence-electron chi connectivity index (χ3n) is 2.42. The Kier molecular flexibility index (Phi) is 8.83. The maximum absolute atomic E-state index is 11.4. The normalized spacial score (nSPS) is 11.1. The number of hydrogen-bond acceptors (Lipinski definition) is 3. The van der Waals surface area contributed by atoms with Crippen LogP contribution >= 0.6 is 0 Å². The van der Waals surface area contributed by atoms with Crippen LogP contribution in [0.15, 0.2) is 30.3 Å². The first-order valence-electron chi connectivity index (χ1n) is 6.70. The Morgan fingerprint density at radius 1 is 1.20 bits per heavy atom. The van der Waals surface area contributed by atoms with E-state index in [9.17, 15) is 9.59 Å². The van der Waals surface area contributed by atoms with Crippen molar-refractivity contribution >= 4 is 12.1 Å². The number of carbonyl (C=O) groups excluding carboxylic acids is 1. The Labute approximate surface area is 120 Å². The van der Waals surface area contributed by atoms with E-state index >= 15 is 0 Å². The summed E-state index contributed by atoms with van der Waals surface area (Å²) < 4.78 is 4.95. The SMILES string of the molecule is CC.CC(C)[C@H](NC(=O)OCc1ccccc1)C(=O)O. The largest absolute Gasteiger partial charge is 0.480 e. The van der Waals surface area contributed by atoms with Gasteiger partial charge in [0.25, 0.3) is 0 Å². The van der Waals surface area contributed by atoms with Gasteiger partial charge in [0.2, 0.25) is 0 Å². The first-order valence-corrected chi connectivity index (χ1v) is 6.70. The molecule has 0 spiro atoms. The molecule has 1 atom stereocenters. The summed E-state index contributed by atoms with van der Waals surface area (Å²) >= 11 is 0. The minimum absolute atomic E-state index is 0.122. The van der Waals surface area contributed by atoms with Crippen LogP contribution in [0, 0.1) is 5.92 Å². The predicted octanol–water partition coefficient (Wildman–Crippen LogP) is 3.05. The Morgan fingerprint density at radius 2 is 1.75 bits per heavy atom. The molecule has 112 valence electrons. The zero-order valence-electron chi connectivity index (χ0n) is 12.4. The summed E-state index contributed by atoms with van der Waals surface area (Å²) in [4.78, 5) is 22.3. The highest BCUT2D eigenvalue weighted by Crippen LogP contribution is 2.04. The molecule has 0 unspecified atom stereocenters. The van der Waals surface area contributed by atoms with Gasteiger partial charge < -0.3 is 15.2 Å². The summed E-state index contributed by atoms with van der Waals surface area (Å²) in [7, 11) is 0. The van der Waals surface area contributed by atoms with Crippen LogP contribution in [0.5, 0.6) is 0 Å². The van der Waals surface area contributed by atoms with Crippen molar-refractivity contribution in [1.29, 1.82) is 0 Å². The number of nitrogens with one attached hydrogen (secondary N) is 1. The lowest BCUT2D eigenvalue weighted by molar-refractivity contribution is -0.140. The van der Waals surface area contributed by atoms with Crippen molar-refractivity contribution in [2.75, 3.05) is 0 Å². The number of carboxylic acids is 1. The van der Waals surface area contributed by atoms with Crippen LogP contribution in [0.3, 0.4) is 0 Å². The van der Waals surface area contributed by atoms with Crippen molar-refractivity contribution < 1.29 is 19.4 Å². The zero-order chi connectivity index (χ0) is 15.5. The van der Waals surface area contributed by atoms with Gasteiger partial charge in [-0.05, 0) is 11.5 Å². The Balaban J connectivity index is 0.00000172. The molecule has 5 nitrogen and oxygen atoms in total. The quantitative estimate of drug-likeness (QED) is 0.869. The lowest BCUT2D eigenvalue weighted by Gasteiger charge is -2.17. The number of alkyl carbamates (subject to hydrolysis) is 1. The maximum Gasteiger partial charge on any atom is 0.408 e. The summed E-state index contributed by atoms with van der Waals surface area (Å²) in [5.41, 5.74) is 0.851. The van der Waals surface area contributed by atoms with Crippen molar-refractivity contribution in [2.24, 2.45) is 5.92 Å². The molecule has 0 radical (unpaired) electrons. The van der Waals surface area contributed by atoms with E-state index in [2.05, 4.69) is 5.32 Å². The summed E-state index contributed by atoms with van der Waals surface area (Å²) in [6.45, 7) is 7.56. The highest BCUT2D eigenvalue weighted by molar-refractivity contribution is 5.80. The molecule has 1 aromatic carbocycles. The maximum atomic E-state index is 11.4. The first kappa shape index (κ1) is 18.0. The third kappa shape index (κ3) is 6.78. The van der Waals surface area contributed by atoms with Crippen molar-refractivity contribution in [3.63, 3.8) is 0 Å². The standard InChI is InChI=1S/C13H17NO4.C2H6/c1-9(2)11(12(15)16)14-13(17)18-8-10-6-4-3-5-7-10;1-2/h3-7,9,11H,8H2,1-2H3,(H,14,17)(H,15,16);1-2H3/t11-;/m0./s1. The molecule has 0 bridgehead atoms. The Hall–Kier alpha value is -2.04. The van der Waals surface area contributed by atoms with Gasteiger partial charge in [-0.3, -0.25) is 0 Å². The molecule has 20 heavy (non-hydrogen) atoms. The van der Waals surface area contributed by atoms with Gasteiger partial charge in [-0.25, -0.2) is 9.59 Å². The van der Waals surface area contributed by atoms with E-state index in [0.717, 1.165) is 5.56 Å². The van der Waals surface area contributed by atoms with Crippen molar-refractivity contribution in [2.45, 2.75) is 40.3 Å². The molecule has 1 aromatic rings. The van der Waals surface area contributed by atoms with Crippen LogP contribution < -0.4 is 5.32 Å². The topological polar surface area (TPSA) is 75.6 Å². The van der Waals surface area contributed by atoms with Gasteiger partial charge in [-0.15, -0.1) is 0 Å². The van der Waals surface area contributed by atoms with Crippen LogP contribution in [0.4, 0.5) is 4.79 Å². The number of rotatable bonds is 5. The number of carbonyl (C=O) groups is 2. The van der Waals surface area contributed by atoms with Crippen molar-refractivity contribution in [1.82, 2.24) is 5.32 Å². The summed E-state index contributed by atoms with van der Waals surface area (Å²) in [5, 5.41) is 11.2. The number of aliphatic carboxylic acids is 1. The van der Waals surface area contributed by atoms with Gasteiger partial charge in [-0.2, -0.15) is 0 Å². The third-order valence-corrected chi connectivity index (χ3v) is 2.42. The van der Waals surface area contributed by atoms with E-state index in [0.29, 0.717) is 0 Å². The number of hydrogen-bond donors (Lipinski definition) is 2. The highest BCUT2D eigenvalue weighted by Gasteiger charge is 2.23. The fourth-order valence-electron chi connectivity index (χ4n) is 1.41. The second-order valence-electron chi connectivity index (χ2n) is 4.27. The molecule has 0 fully saturated rings. The molecule has 0 aliphatic rings. The van der Waals surface area contributed by atoms with Crippen LogP contribution in [0.2, 0.25) is 0 Å². The molecule has 5 heteroatoms. The van der Waals surface area contributed by atoms with Gasteiger partial charge in [0.15, 0.2) is 0 Å². The van der Waals surface area contributed by atoms with Crippen LogP contribution in [0.1, 0.15) is 33.3 Å². The molecular formula is C15H23NO4. The molecule has 0 aromatic heterocycles. The molecule has 0 aliphatic carbocycles. The van der Waals surface area contributed by atoms with Crippen molar-refractivity contribution in [3.8, 4) is 0 Å². The van der Waals surface area contributed by atoms with E-state index in [4.69, 9.17) is 9.84 Å². The van der Waals surface area contributed by atoms with E-state index in [-0.39, 0.29) is 12.5 Å². The smallest absolute Gasteiger partial charge is 0.408 e. The van der Waals surface area contributed by atoms with E-state index in [1.54, 1.807) is 13.8 Å². The molecule has 0 saturated heterocycles. The molecule has 2 N–H and O–H groups in total. The molecule has 0 aliphatic heterocycles. The van der Waals surface area contributed by atoms with Gasteiger partial charge in [0.05, 0.1) is 0 Å². The Bertz CT molecular complexity index is 404. The number of carboxylic acid groups (broad SMARTS) is 1. The second kappa shape index (κ2) is 9.83. The van der Waals surface area contributed by atoms with Crippen LogP contribution in [-0.2, 0) is 16.1 Å². The minimum Gasteiger partial charge on any atom is -0.480 e. The summed E-state index contributed by atoms with van der Waals surface area (Å²) in [6, 6.07) is 8.25. The predicted molar refractivity (Wildman–Crippen MR) is 77.4 cm³/mol. The second-order valence-corrected chi connectivity index (χ2v) is 4.27. The molecular weight excluding hydrogens is 258 g/mol. The molecule has 0 heterocycles. The van der Waals surface area contributed by atoms with E-state index in [1.165, 1.54) is 0 Å². The van der Waals surface area contributed by atoms with Crippen molar-refractivity contribution in [3.05, 3.63) is 35.9 Å². The van der Waals surface area contributed by atoms with Gasteiger partial charge in [0.1, 0.15) is 12.6 Å². The fraction of sp³-hybridized carbons (Fsp3) is 0.467. The average Bonchev–Trinajstić information content (AvgIpc) is 2.45. The van der Waals surface area contributed by atoms with Crippen LogP contribution in [-0.4, -0.2) is 23.2 Å². The first-order chi connectivity index (χ1) is 9.50. The zero-order valence-corrected chi connectivity index (χ0v) is 12.4. The van der Waals surface area contributed by atoms with Crippen LogP contribution in [0.25, 0.3) is 0 Å². The highest BCUT2D eigenvalue weighted by atomic mass is 16.5. The number of benzene rings is 1. The van der Waals surface area contributed by atoms with Gasteiger partial charge >= 0.3 is 12.1 Å². The lowest BCUT2D eigenvalue weighted by Crippen LogP contribution is -2.44. The van der Waals surface area contributed by atoms with Gasteiger partial charge in [-0.1, -0.05) is 58.0 Å². The average molecular weight is 281 g/mol. The van der Waals surface area contributed by atoms with E-state index < -0.39 is 18.1 Å². The fourth-order valence-corrected chi connectivity index (χ4v) is 1.41. The summed E-state index contributed by atoms with van der Waals surface area (Å²) in [6.07, 6.45) is -0.722. The monoisotopic (exact) mass is 281 g/mol. The number of amides is 1. The minimum atomic E-state index is -1.07. The number of ether oxygens (including phenoxy) is 1. The molecule has 0 saturated carbocycles. The van der Waals surface area contributed by atoms with E-state index in [1.807, 2.05) is 44.2 Å². The summed E-state index contributed by atoms with van der Waals surface area (Å²) in [5.74, 6) is -1.27. The molecule has 1 amide bonds. The molecule has 1 rings (SSSR count).